The fourth-order valence-corrected chi connectivity index (χ4v) is 4.16. The molecule has 5 heteroatoms. The summed E-state index contributed by atoms with van der Waals surface area (Å²) in [6, 6.07) is 17.4. The zero-order chi connectivity index (χ0) is 20.2. The van der Waals surface area contributed by atoms with Gasteiger partial charge < -0.3 is 9.64 Å². The lowest BCUT2D eigenvalue weighted by Gasteiger charge is -2.29. The van der Waals surface area contributed by atoms with Gasteiger partial charge in [0.2, 0.25) is 0 Å². The number of carbonyl (C=O) groups excluding carboxylic acids is 2. The Morgan fingerprint density at radius 1 is 0.862 bits per heavy atom. The maximum atomic E-state index is 13.4. The van der Waals surface area contributed by atoms with E-state index < -0.39 is 0 Å². The van der Waals surface area contributed by atoms with Crippen molar-refractivity contribution in [3.8, 4) is 5.75 Å². The number of carbonyl (C=O) groups is 2. The number of likely N-dealkylation sites (tertiary alicyclic amines) is 1. The van der Waals surface area contributed by atoms with E-state index in [2.05, 4.69) is 4.90 Å². The maximum Gasteiger partial charge on any atom is 0.277 e. The predicted octanol–water partition coefficient (Wildman–Crippen LogP) is 3.50. The van der Waals surface area contributed by atoms with Crippen molar-refractivity contribution in [2.45, 2.75) is 25.7 Å². The highest BCUT2D eigenvalue weighted by Gasteiger charge is 2.42. The van der Waals surface area contributed by atoms with Gasteiger partial charge in [0.1, 0.15) is 11.4 Å². The lowest BCUT2D eigenvalue weighted by atomic mass is 10.0. The number of piperidine rings is 1. The normalized spacial score (nSPS) is 17.3. The van der Waals surface area contributed by atoms with E-state index in [-0.39, 0.29) is 11.8 Å². The van der Waals surface area contributed by atoms with Crippen LogP contribution < -0.4 is 4.74 Å². The highest BCUT2D eigenvalue weighted by atomic mass is 16.5. The first-order valence-electron chi connectivity index (χ1n) is 10.2. The number of amides is 2. The van der Waals surface area contributed by atoms with Crippen molar-refractivity contribution in [2.24, 2.45) is 0 Å². The zero-order valence-electron chi connectivity index (χ0n) is 16.8. The van der Waals surface area contributed by atoms with Crippen LogP contribution in [0.2, 0.25) is 0 Å². The van der Waals surface area contributed by atoms with E-state index in [0.717, 1.165) is 37.9 Å². The molecule has 0 spiro atoms. The summed E-state index contributed by atoms with van der Waals surface area (Å²) in [7, 11) is 1.59. The molecule has 2 aromatic rings. The van der Waals surface area contributed by atoms with E-state index in [9.17, 15) is 9.59 Å². The van der Waals surface area contributed by atoms with Crippen molar-refractivity contribution in [2.75, 3.05) is 26.7 Å². The van der Waals surface area contributed by atoms with Crippen molar-refractivity contribution in [3.63, 3.8) is 0 Å². The molecule has 29 heavy (non-hydrogen) atoms. The van der Waals surface area contributed by atoms with Gasteiger partial charge in [-0.3, -0.25) is 14.5 Å². The summed E-state index contributed by atoms with van der Waals surface area (Å²) < 4.78 is 5.51. The topological polar surface area (TPSA) is 49.9 Å². The van der Waals surface area contributed by atoms with Crippen LogP contribution in [0, 0.1) is 0 Å². The molecular formula is C24H26N2O3. The summed E-state index contributed by atoms with van der Waals surface area (Å²) in [4.78, 5) is 30.3. The molecule has 2 aromatic carbocycles. The molecule has 150 valence electrons. The average Bonchev–Trinajstić information content (AvgIpc) is 3.03. The second kappa shape index (κ2) is 8.52. The third-order valence-corrected chi connectivity index (χ3v) is 5.66. The molecule has 1 fully saturated rings. The number of rotatable bonds is 6. The molecule has 0 unspecified atom stereocenters. The standard InChI is InChI=1S/C24H26N2O3/c1-29-20-13-7-6-12-19(20)21-22(25-15-8-3-9-16-25)24(28)26(23(21)27)17-14-18-10-4-2-5-11-18/h2,4-7,10-13H,3,8-9,14-17H2,1H3. The summed E-state index contributed by atoms with van der Waals surface area (Å²) in [5.41, 5.74) is 2.81. The Kier molecular flexibility index (Phi) is 5.65. The minimum atomic E-state index is -0.226. The Morgan fingerprint density at radius 3 is 2.28 bits per heavy atom. The zero-order valence-corrected chi connectivity index (χ0v) is 16.8. The van der Waals surface area contributed by atoms with E-state index in [1.165, 1.54) is 4.90 Å². The van der Waals surface area contributed by atoms with Gasteiger partial charge in [-0.15, -0.1) is 0 Å². The smallest absolute Gasteiger partial charge is 0.277 e. The van der Waals surface area contributed by atoms with E-state index in [4.69, 9.17) is 4.74 Å². The second-order valence-corrected chi connectivity index (χ2v) is 7.47. The SMILES string of the molecule is COc1ccccc1C1=C(N2CCCCC2)C(=O)N(CCc2ccccc2)C1=O. The van der Waals surface area contributed by atoms with E-state index >= 15 is 0 Å². The number of methoxy groups -OCH3 is 1. The largest absolute Gasteiger partial charge is 0.496 e. The number of ether oxygens (including phenoxy) is 1. The molecular weight excluding hydrogens is 364 g/mol. The molecule has 0 radical (unpaired) electrons. The number of hydrogen-bond donors (Lipinski definition) is 0. The molecule has 0 bridgehead atoms. The molecule has 2 aliphatic rings. The third-order valence-electron chi connectivity index (χ3n) is 5.66. The summed E-state index contributed by atoms with van der Waals surface area (Å²) in [5.74, 6) is 0.202. The summed E-state index contributed by atoms with van der Waals surface area (Å²) in [6.45, 7) is 1.98. The van der Waals surface area contributed by atoms with E-state index in [0.29, 0.717) is 35.5 Å². The van der Waals surface area contributed by atoms with Crippen LogP contribution in [0.4, 0.5) is 0 Å². The first-order chi connectivity index (χ1) is 14.2. The van der Waals surface area contributed by atoms with Gasteiger partial charge >= 0.3 is 0 Å². The fourth-order valence-electron chi connectivity index (χ4n) is 4.16. The Balaban J connectivity index is 1.70. The van der Waals surface area contributed by atoms with Crippen LogP contribution in [-0.2, 0) is 16.0 Å². The lowest BCUT2D eigenvalue weighted by molar-refractivity contribution is -0.137. The maximum absolute atomic E-state index is 13.4. The number of para-hydroxylation sites is 1. The molecule has 0 atom stereocenters. The highest BCUT2D eigenvalue weighted by molar-refractivity contribution is 6.36. The van der Waals surface area contributed by atoms with Gasteiger partial charge in [-0.1, -0.05) is 48.5 Å². The average molecular weight is 390 g/mol. The highest BCUT2D eigenvalue weighted by Crippen LogP contribution is 2.37. The minimum Gasteiger partial charge on any atom is -0.496 e. The summed E-state index contributed by atoms with van der Waals surface area (Å²) >= 11 is 0. The van der Waals surface area contributed by atoms with Crippen LogP contribution in [0.3, 0.4) is 0 Å². The van der Waals surface area contributed by atoms with Crippen LogP contribution >= 0.6 is 0 Å². The van der Waals surface area contributed by atoms with Crippen LogP contribution in [0.25, 0.3) is 5.57 Å². The van der Waals surface area contributed by atoms with Crippen LogP contribution in [0.15, 0.2) is 60.3 Å². The van der Waals surface area contributed by atoms with Crippen LogP contribution in [0.5, 0.6) is 5.75 Å². The van der Waals surface area contributed by atoms with Crippen LogP contribution in [-0.4, -0.2) is 48.4 Å². The number of nitrogens with zero attached hydrogens (tertiary/aromatic N) is 2. The van der Waals surface area contributed by atoms with Gasteiger partial charge in [0, 0.05) is 25.2 Å². The number of hydrogen-bond acceptors (Lipinski definition) is 4. The quantitative estimate of drug-likeness (QED) is 0.709. The number of benzene rings is 2. The first-order valence-corrected chi connectivity index (χ1v) is 10.2. The van der Waals surface area contributed by atoms with Gasteiger partial charge in [-0.2, -0.15) is 0 Å². The molecule has 4 rings (SSSR count). The Morgan fingerprint density at radius 2 is 1.55 bits per heavy atom. The molecule has 0 saturated carbocycles. The summed E-state index contributed by atoms with van der Waals surface area (Å²) in [5, 5.41) is 0. The predicted molar refractivity (Wildman–Crippen MR) is 112 cm³/mol. The van der Waals surface area contributed by atoms with Gasteiger partial charge in [-0.05, 0) is 37.3 Å². The Bertz CT molecular complexity index is 930. The molecule has 2 amide bonds. The van der Waals surface area contributed by atoms with Gasteiger partial charge in [-0.25, -0.2) is 0 Å². The second-order valence-electron chi connectivity index (χ2n) is 7.47. The Hall–Kier alpha value is -3.08. The molecule has 2 heterocycles. The first kappa shape index (κ1) is 19.2. The van der Waals surface area contributed by atoms with Crippen molar-refractivity contribution in [1.29, 1.82) is 0 Å². The van der Waals surface area contributed by atoms with Crippen molar-refractivity contribution >= 4 is 17.4 Å². The van der Waals surface area contributed by atoms with Crippen LogP contribution in [0.1, 0.15) is 30.4 Å². The summed E-state index contributed by atoms with van der Waals surface area (Å²) in [6.07, 6.45) is 3.88. The molecule has 0 aliphatic carbocycles. The van der Waals surface area contributed by atoms with E-state index in [1.54, 1.807) is 7.11 Å². The fraction of sp³-hybridized carbons (Fsp3) is 0.333. The number of imide groups is 1. The monoisotopic (exact) mass is 390 g/mol. The van der Waals surface area contributed by atoms with Gasteiger partial charge in [0.25, 0.3) is 11.8 Å². The molecule has 2 aliphatic heterocycles. The van der Waals surface area contributed by atoms with E-state index in [1.807, 2.05) is 54.6 Å². The minimum absolute atomic E-state index is 0.186. The van der Waals surface area contributed by atoms with Crippen molar-refractivity contribution < 1.29 is 14.3 Å². The molecule has 0 N–H and O–H groups in total. The van der Waals surface area contributed by atoms with Crippen molar-refractivity contribution in [1.82, 2.24) is 9.80 Å². The third kappa shape index (κ3) is 3.77. The van der Waals surface area contributed by atoms with Crippen molar-refractivity contribution in [3.05, 3.63) is 71.4 Å². The Labute approximate surface area is 171 Å². The molecule has 1 saturated heterocycles. The van der Waals surface area contributed by atoms with Gasteiger partial charge in [0.05, 0.1) is 12.7 Å². The molecule has 0 aromatic heterocycles. The lowest BCUT2D eigenvalue weighted by Crippen LogP contribution is -2.38. The van der Waals surface area contributed by atoms with Gasteiger partial charge in [0.15, 0.2) is 0 Å². The molecule has 5 nitrogen and oxygen atoms in total.